The Morgan fingerprint density at radius 1 is 1.43 bits per heavy atom. The molecule has 1 amide bonds. The second kappa shape index (κ2) is 3.91. The minimum absolute atomic E-state index is 0.593. The van der Waals surface area contributed by atoms with E-state index < -0.39 is 28.8 Å². The predicted molar refractivity (Wildman–Crippen MR) is 45.2 cm³/mol. The molecule has 14 heavy (non-hydrogen) atoms. The smallest absolute Gasteiger partial charge is 0.257 e. The zero-order valence-corrected chi connectivity index (χ0v) is 7.17. The Bertz CT molecular complexity index is 393. The van der Waals surface area contributed by atoms with Crippen LogP contribution in [-0.4, -0.2) is 13.0 Å². The summed E-state index contributed by atoms with van der Waals surface area (Å²) < 4.78 is 26.1. The average molecular weight is 200 g/mol. The number of amides is 1. The highest BCUT2D eigenvalue weighted by molar-refractivity contribution is 5.95. The van der Waals surface area contributed by atoms with E-state index in [0.717, 1.165) is 12.1 Å². The number of nitrogens with zero attached hydrogens (tertiary/aromatic N) is 1. The van der Waals surface area contributed by atoms with Gasteiger partial charge in [-0.15, -0.1) is 4.91 Å². The molecule has 0 aliphatic heterocycles. The molecule has 0 bridgehead atoms. The summed E-state index contributed by atoms with van der Waals surface area (Å²) >= 11 is 0. The van der Waals surface area contributed by atoms with Crippen LogP contribution in [0.5, 0.6) is 0 Å². The minimum atomic E-state index is -1.25. The molecule has 0 unspecified atom stereocenters. The zero-order valence-electron chi connectivity index (χ0n) is 7.17. The van der Waals surface area contributed by atoms with Crippen LogP contribution in [0, 0.1) is 16.5 Å². The largest absolute Gasteiger partial charge is 0.355 e. The third kappa shape index (κ3) is 1.59. The lowest BCUT2D eigenvalue weighted by molar-refractivity contribution is 0.0955. The number of carbonyl (C=O) groups is 1. The number of nitrogens with one attached hydrogen (secondary N) is 1. The van der Waals surface area contributed by atoms with Crippen LogP contribution < -0.4 is 5.32 Å². The molecule has 74 valence electrons. The normalized spacial score (nSPS) is 9.64. The quantitative estimate of drug-likeness (QED) is 0.739. The summed E-state index contributed by atoms with van der Waals surface area (Å²) in [5.41, 5.74) is -1.39. The predicted octanol–water partition coefficient (Wildman–Crippen LogP) is 1.72. The summed E-state index contributed by atoms with van der Waals surface area (Å²) in [5.74, 6) is -3.22. The van der Waals surface area contributed by atoms with Crippen molar-refractivity contribution in [3.05, 3.63) is 34.2 Å². The molecule has 1 rings (SSSR count). The molecule has 1 aromatic rings. The molecule has 4 nitrogen and oxygen atoms in total. The summed E-state index contributed by atoms with van der Waals surface area (Å²) in [4.78, 5) is 21.0. The van der Waals surface area contributed by atoms with Crippen LogP contribution in [0.1, 0.15) is 10.4 Å². The molecular formula is C8H6F2N2O2. The van der Waals surface area contributed by atoms with Gasteiger partial charge in [0.05, 0.1) is 0 Å². The van der Waals surface area contributed by atoms with Gasteiger partial charge in [-0.2, -0.15) is 0 Å². The van der Waals surface area contributed by atoms with Crippen molar-refractivity contribution in [2.24, 2.45) is 5.18 Å². The monoisotopic (exact) mass is 200 g/mol. The van der Waals surface area contributed by atoms with Crippen molar-refractivity contribution in [1.29, 1.82) is 0 Å². The number of nitroso groups, excluding NO2 is 1. The van der Waals surface area contributed by atoms with Crippen molar-refractivity contribution in [3.8, 4) is 0 Å². The Labute approximate surface area is 77.9 Å². The van der Waals surface area contributed by atoms with Crippen LogP contribution in [0.25, 0.3) is 0 Å². The summed E-state index contributed by atoms with van der Waals surface area (Å²) in [7, 11) is 1.22. The van der Waals surface area contributed by atoms with Gasteiger partial charge in [-0.1, -0.05) is 0 Å². The average Bonchev–Trinajstić information content (AvgIpc) is 2.18. The van der Waals surface area contributed by atoms with E-state index in [0.29, 0.717) is 0 Å². The Kier molecular flexibility index (Phi) is 2.85. The van der Waals surface area contributed by atoms with E-state index in [-0.39, 0.29) is 0 Å². The molecule has 0 saturated carbocycles. The standard InChI is InChI=1S/C8H6F2N2O2/c1-11-8(13)6-4(9)2-3-5(12-14)7(6)10/h2-3H,1H3,(H,11,13). The second-order valence-corrected chi connectivity index (χ2v) is 2.43. The van der Waals surface area contributed by atoms with E-state index in [4.69, 9.17) is 0 Å². The van der Waals surface area contributed by atoms with Gasteiger partial charge in [-0.25, -0.2) is 8.78 Å². The number of hydrogen-bond donors (Lipinski definition) is 1. The maximum absolute atomic E-state index is 13.2. The molecule has 0 saturated heterocycles. The first kappa shape index (κ1) is 10.2. The van der Waals surface area contributed by atoms with Crippen molar-refractivity contribution >= 4 is 11.6 Å². The molecule has 0 aromatic heterocycles. The van der Waals surface area contributed by atoms with Crippen molar-refractivity contribution in [2.45, 2.75) is 0 Å². The van der Waals surface area contributed by atoms with E-state index in [1.807, 2.05) is 0 Å². The molecule has 0 radical (unpaired) electrons. The molecular weight excluding hydrogens is 194 g/mol. The van der Waals surface area contributed by atoms with Gasteiger partial charge in [0, 0.05) is 7.05 Å². The van der Waals surface area contributed by atoms with E-state index >= 15 is 0 Å². The van der Waals surface area contributed by atoms with Crippen molar-refractivity contribution in [1.82, 2.24) is 5.32 Å². The topological polar surface area (TPSA) is 58.5 Å². The molecule has 0 atom stereocenters. The van der Waals surface area contributed by atoms with E-state index in [1.54, 1.807) is 0 Å². The number of hydrogen-bond acceptors (Lipinski definition) is 3. The Morgan fingerprint density at radius 2 is 2.07 bits per heavy atom. The maximum Gasteiger partial charge on any atom is 0.257 e. The highest BCUT2D eigenvalue weighted by Gasteiger charge is 2.19. The summed E-state index contributed by atoms with van der Waals surface area (Å²) in [5, 5.41) is 4.37. The molecule has 0 heterocycles. The second-order valence-electron chi connectivity index (χ2n) is 2.43. The summed E-state index contributed by atoms with van der Waals surface area (Å²) in [6, 6.07) is 1.68. The van der Waals surface area contributed by atoms with Crippen LogP contribution >= 0.6 is 0 Å². The molecule has 1 aromatic carbocycles. The Morgan fingerprint density at radius 3 is 2.57 bits per heavy atom. The van der Waals surface area contributed by atoms with Crippen molar-refractivity contribution < 1.29 is 13.6 Å². The number of carbonyl (C=O) groups excluding carboxylic acids is 1. The van der Waals surface area contributed by atoms with Gasteiger partial charge in [0.1, 0.15) is 17.1 Å². The van der Waals surface area contributed by atoms with Crippen LogP contribution in [0.15, 0.2) is 17.3 Å². The van der Waals surface area contributed by atoms with Crippen LogP contribution in [0.2, 0.25) is 0 Å². The van der Waals surface area contributed by atoms with Crippen molar-refractivity contribution in [3.63, 3.8) is 0 Å². The number of halogens is 2. The number of rotatable bonds is 2. The third-order valence-corrected chi connectivity index (χ3v) is 1.62. The number of benzene rings is 1. The molecule has 6 heteroatoms. The highest BCUT2D eigenvalue weighted by Crippen LogP contribution is 2.23. The zero-order chi connectivity index (χ0) is 10.7. The molecule has 1 N–H and O–H groups in total. The minimum Gasteiger partial charge on any atom is -0.355 e. The van der Waals surface area contributed by atoms with Crippen molar-refractivity contribution in [2.75, 3.05) is 7.05 Å². The van der Waals surface area contributed by atoms with Gasteiger partial charge in [-0.3, -0.25) is 4.79 Å². The van der Waals surface area contributed by atoms with E-state index in [2.05, 4.69) is 10.5 Å². The lowest BCUT2D eigenvalue weighted by Crippen LogP contribution is -2.20. The van der Waals surface area contributed by atoms with Gasteiger partial charge < -0.3 is 5.32 Å². The molecule has 0 aliphatic rings. The first-order chi connectivity index (χ1) is 6.61. The first-order valence-electron chi connectivity index (χ1n) is 3.65. The van der Waals surface area contributed by atoms with Gasteiger partial charge in [0.15, 0.2) is 5.82 Å². The van der Waals surface area contributed by atoms with Gasteiger partial charge in [0.25, 0.3) is 5.91 Å². The fourth-order valence-corrected chi connectivity index (χ4v) is 0.945. The molecule has 0 aliphatic carbocycles. The fourth-order valence-electron chi connectivity index (χ4n) is 0.945. The lowest BCUT2D eigenvalue weighted by Gasteiger charge is -2.03. The first-order valence-corrected chi connectivity index (χ1v) is 3.65. The Hall–Kier alpha value is -1.85. The van der Waals surface area contributed by atoms with Gasteiger partial charge >= 0.3 is 0 Å². The third-order valence-electron chi connectivity index (χ3n) is 1.62. The van der Waals surface area contributed by atoms with E-state index in [1.165, 1.54) is 7.05 Å². The van der Waals surface area contributed by atoms with Crippen LogP contribution in [0.4, 0.5) is 14.5 Å². The maximum atomic E-state index is 13.2. The summed E-state index contributed by atoms with van der Waals surface area (Å²) in [6.45, 7) is 0. The van der Waals surface area contributed by atoms with E-state index in [9.17, 15) is 18.5 Å². The SMILES string of the molecule is CNC(=O)c1c(F)ccc(N=O)c1F. The highest BCUT2D eigenvalue weighted by atomic mass is 19.1. The molecule has 0 fully saturated rings. The summed E-state index contributed by atoms with van der Waals surface area (Å²) in [6.07, 6.45) is 0. The lowest BCUT2D eigenvalue weighted by atomic mass is 10.1. The molecule has 0 spiro atoms. The fraction of sp³-hybridized carbons (Fsp3) is 0.125. The van der Waals surface area contributed by atoms with Gasteiger partial charge in [-0.05, 0) is 17.3 Å². The Balaban J connectivity index is 3.39. The van der Waals surface area contributed by atoms with Crippen LogP contribution in [-0.2, 0) is 0 Å². The van der Waals surface area contributed by atoms with Crippen LogP contribution in [0.3, 0.4) is 0 Å². The van der Waals surface area contributed by atoms with Gasteiger partial charge in [0.2, 0.25) is 0 Å².